The zero-order chi connectivity index (χ0) is 13.1. The third kappa shape index (κ3) is 2.83. The van der Waals surface area contributed by atoms with E-state index in [1.807, 2.05) is 13.2 Å². The average molecular weight is 247 g/mol. The van der Waals surface area contributed by atoms with E-state index in [1.54, 1.807) is 0 Å². The predicted molar refractivity (Wildman–Crippen MR) is 76.9 cm³/mol. The zero-order valence-electron chi connectivity index (χ0n) is 12.0. The summed E-state index contributed by atoms with van der Waals surface area (Å²) in [6, 6.07) is 2.87. The van der Waals surface area contributed by atoms with Crippen molar-refractivity contribution in [3.05, 3.63) is 23.4 Å². The van der Waals surface area contributed by atoms with E-state index in [0.29, 0.717) is 6.04 Å². The van der Waals surface area contributed by atoms with Gasteiger partial charge in [0, 0.05) is 25.8 Å². The number of nitrogens with zero attached hydrogens (tertiary/aromatic N) is 2. The highest BCUT2D eigenvalue weighted by molar-refractivity contribution is 5.44. The fourth-order valence-corrected chi connectivity index (χ4v) is 2.93. The molecule has 1 aliphatic rings. The lowest BCUT2D eigenvalue weighted by atomic mass is 10.0. The van der Waals surface area contributed by atoms with Crippen LogP contribution in [0.5, 0.6) is 0 Å². The third-order valence-corrected chi connectivity index (χ3v) is 3.68. The van der Waals surface area contributed by atoms with Gasteiger partial charge in [-0.3, -0.25) is 4.90 Å². The molecular weight excluding hydrogens is 222 g/mol. The highest BCUT2D eigenvalue weighted by atomic mass is 15.2. The minimum absolute atomic E-state index is 0.574. The van der Waals surface area contributed by atoms with Gasteiger partial charge >= 0.3 is 0 Å². The molecule has 1 atom stereocenters. The van der Waals surface area contributed by atoms with Gasteiger partial charge in [-0.15, -0.1) is 0 Å². The number of hydrogen-bond donors (Lipinski definition) is 1. The van der Waals surface area contributed by atoms with E-state index in [-0.39, 0.29) is 0 Å². The van der Waals surface area contributed by atoms with Gasteiger partial charge in [-0.25, -0.2) is 4.98 Å². The molecule has 1 unspecified atom stereocenters. The van der Waals surface area contributed by atoms with Crippen LogP contribution in [0.1, 0.15) is 43.9 Å². The van der Waals surface area contributed by atoms with Crippen molar-refractivity contribution in [3.63, 3.8) is 0 Å². The largest absolute Gasteiger partial charge is 0.373 e. The zero-order valence-corrected chi connectivity index (χ0v) is 12.0. The van der Waals surface area contributed by atoms with Gasteiger partial charge in [0.25, 0.3) is 0 Å². The van der Waals surface area contributed by atoms with Crippen molar-refractivity contribution in [2.24, 2.45) is 5.92 Å². The number of hydrogen-bond acceptors (Lipinski definition) is 3. The Labute approximate surface area is 111 Å². The maximum atomic E-state index is 4.52. The Morgan fingerprint density at radius 2 is 2.28 bits per heavy atom. The van der Waals surface area contributed by atoms with Gasteiger partial charge < -0.3 is 5.32 Å². The van der Waals surface area contributed by atoms with Crippen LogP contribution < -0.4 is 5.32 Å². The summed E-state index contributed by atoms with van der Waals surface area (Å²) in [6.07, 6.45) is 4.62. The van der Waals surface area contributed by atoms with Crippen LogP contribution in [0, 0.1) is 12.8 Å². The topological polar surface area (TPSA) is 28.2 Å². The molecule has 3 heteroatoms. The summed E-state index contributed by atoms with van der Waals surface area (Å²) < 4.78 is 0. The van der Waals surface area contributed by atoms with Gasteiger partial charge in [-0.1, -0.05) is 13.8 Å². The van der Waals surface area contributed by atoms with E-state index in [0.717, 1.165) is 11.7 Å². The fourth-order valence-electron chi connectivity index (χ4n) is 2.93. The van der Waals surface area contributed by atoms with Crippen LogP contribution in [0.3, 0.4) is 0 Å². The SMILES string of the molecule is CNc1ncc(C2CCCN2CC(C)C)cc1C. The second kappa shape index (κ2) is 5.70. The van der Waals surface area contributed by atoms with Gasteiger partial charge in [0.1, 0.15) is 5.82 Å². The summed E-state index contributed by atoms with van der Waals surface area (Å²) in [5, 5.41) is 3.13. The van der Waals surface area contributed by atoms with E-state index in [4.69, 9.17) is 0 Å². The molecule has 1 aromatic heterocycles. The highest BCUT2D eigenvalue weighted by Crippen LogP contribution is 2.33. The monoisotopic (exact) mass is 247 g/mol. The number of likely N-dealkylation sites (tertiary alicyclic amines) is 1. The number of aromatic nitrogens is 1. The smallest absolute Gasteiger partial charge is 0.128 e. The molecule has 2 heterocycles. The first-order valence-electron chi connectivity index (χ1n) is 7.00. The van der Waals surface area contributed by atoms with Gasteiger partial charge in [-0.05, 0) is 49.4 Å². The maximum Gasteiger partial charge on any atom is 0.128 e. The first-order valence-corrected chi connectivity index (χ1v) is 7.00. The molecule has 100 valence electrons. The van der Waals surface area contributed by atoms with Crippen LogP contribution in [0.2, 0.25) is 0 Å². The summed E-state index contributed by atoms with van der Waals surface area (Å²) >= 11 is 0. The van der Waals surface area contributed by atoms with Crippen LogP contribution in [-0.4, -0.2) is 30.0 Å². The Hall–Kier alpha value is -1.09. The molecule has 0 spiro atoms. The molecule has 0 aromatic carbocycles. The normalized spacial score (nSPS) is 20.6. The Morgan fingerprint density at radius 1 is 1.50 bits per heavy atom. The molecule has 1 aromatic rings. The quantitative estimate of drug-likeness (QED) is 0.885. The molecule has 0 bridgehead atoms. The molecule has 0 amide bonds. The number of aryl methyl sites for hydroxylation is 1. The average Bonchev–Trinajstić information content (AvgIpc) is 2.76. The number of anilines is 1. The van der Waals surface area contributed by atoms with Crippen LogP contribution >= 0.6 is 0 Å². The molecule has 1 saturated heterocycles. The molecule has 2 rings (SSSR count). The first kappa shape index (κ1) is 13.3. The second-order valence-electron chi connectivity index (χ2n) is 5.73. The van der Waals surface area contributed by atoms with E-state index in [2.05, 4.69) is 42.0 Å². The van der Waals surface area contributed by atoms with Crippen LogP contribution in [0.25, 0.3) is 0 Å². The third-order valence-electron chi connectivity index (χ3n) is 3.68. The highest BCUT2D eigenvalue weighted by Gasteiger charge is 2.26. The van der Waals surface area contributed by atoms with Crippen LogP contribution in [0.4, 0.5) is 5.82 Å². The fraction of sp³-hybridized carbons (Fsp3) is 0.667. The lowest BCUT2D eigenvalue weighted by Crippen LogP contribution is -2.27. The number of rotatable bonds is 4. The van der Waals surface area contributed by atoms with Gasteiger partial charge in [0.15, 0.2) is 0 Å². The van der Waals surface area contributed by atoms with Gasteiger partial charge in [0.2, 0.25) is 0 Å². The lowest BCUT2D eigenvalue weighted by molar-refractivity contribution is 0.228. The molecule has 0 radical (unpaired) electrons. The molecule has 0 saturated carbocycles. The van der Waals surface area contributed by atoms with Crippen molar-refractivity contribution >= 4 is 5.82 Å². The van der Waals surface area contributed by atoms with E-state index < -0.39 is 0 Å². The van der Waals surface area contributed by atoms with Gasteiger partial charge in [-0.2, -0.15) is 0 Å². The summed E-state index contributed by atoms with van der Waals surface area (Å²) in [6.45, 7) is 9.14. The van der Waals surface area contributed by atoms with Crippen molar-refractivity contribution in [2.45, 2.75) is 39.7 Å². The molecule has 1 fully saturated rings. The maximum absolute atomic E-state index is 4.52. The molecule has 3 nitrogen and oxygen atoms in total. The van der Waals surface area contributed by atoms with Crippen molar-refractivity contribution in [2.75, 3.05) is 25.5 Å². The number of pyridine rings is 1. The second-order valence-corrected chi connectivity index (χ2v) is 5.73. The molecular formula is C15H25N3. The van der Waals surface area contributed by atoms with Crippen molar-refractivity contribution in [1.29, 1.82) is 0 Å². The van der Waals surface area contributed by atoms with Crippen molar-refractivity contribution in [1.82, 2.24) is 9.88 Å². The van der Waals surface area contributed by atoms with Crippen molar-refractivity contribution < 1.29 is 0 Å². The van der Waals surface area contributed by atoms with Crippen LogP contribution in [0.15, 0.2) is 12.3 Å². The summed E-state index contributed by atoms with van der Waals surface area (Å²) in [5.41, 5.74) is 2.62. The van der Waals surface area contributed by atoms with E-state index in [9.17, 15) is 0 Å². The predicted octanol–water partition coefficient (Wildman–Crippen LogP) is 3.22. The first-order chi connectivity index (χ1) is 8.61. The number of nitrogens with one attached hydrogen (secondary N) is 1. The molecule has 0 aliphatic carbocycles. The van der Waals surface area contributed by atoms with E-state index >= 15 is 0 Å². The molecule has 1 N–H and O–H groups in total. The lowest BCUT2D eigenvalue weighted by Gasteiger charge is -2.26. The Kier molecular flexibility index (Phi) is 4.23. The Balaban J connectivity index is 2.17. The van der Waals surface area contributed by atoms with Crippen LogP contribution in [-0.2, 0) is 0 Å². The molecule has 1 aliphatic heterocycles. The van der Waals surface area contributed by atoms with Crippen molar-refractivity contribution in [3.8, 4) is 0 Å². The summed E-state index contributed by atoms with van der Waals surface area (Å²) in [4.78, 5) is 7.13. The minimum Gasteiger partial charge on any atom is -0.373 e. The van der Waals surface area contributed by atoms with E-state index in [1.165, 1.54) is 37.1 Å². The summed E-state index contributed by atoms with van der Waals surface area (Å²) in [5.74, 6) is 1.73. The summed E-state index contributed by atoms with van der Waals surface area (Å²) in [7, 11) is 1.93. The Morgan fingerprint density at radius 3 is 2.89 bits per heavy atom. The standard InChI is InChI=1S/C15H25N3/c1-11(2)10-18-7-5-6-14(18)13-8-12(3)15(16-4)17-9-13/h8-9,11,14H,5-7,10H2,1-4H3,(H,16,17). The molecule has 18 heavy (non-hydrogen) atoms. The Bertz CT molecular complexity index is 401. The van der Waals surface area contributed by atoms with Gasteiger partial charge in [0.05, 0.1) is 0 Å². The minimum atomic E-state index is 0.574.